The van der Waals surface area contributed by atoms with E-state index in [1.54, 1.807) is 17.5 Å². The lowest BCUT2D eigenvalue weighted by Gasteiger charge is -1.96. The molecule has 0 fully saturated rings. The van der Waals surface area contributed by atoms with Gasteiger partial charge in [-0.25, -0.2) is 4.99 Å². The quantitative estimate of drug-likeness (QED) is 0.593. The van der Waals surface area contributed by atoms with E-state index in [1.807, 2.05) is 18.2 Å². The molecule has 0 N–H and O–H groups in total. The van der Waals surface area contributed by atoms with Gasteiger partial charge in [0, 0.05) is 22.4 Å². The van der Waals surface area contributed by atoms with Crippen molar-refractivity contribution in [3.05, 3.63) is 38.7 Å². The molecule has 1 aliphatic heterocycles. The first-order chi connectivity index (χ1) is 6.36. The Morgan fingerprint density at radius 1 is 1.31 bits per heavy atom. The first-order valence-corrected chi connectivity index (χ1v) is 4.78. The van der Waals surface area contributed by atoms with E-state index in [1.165, 1.54) is 6.08 Å². The zero-order valence-electron chi connectivity index (χ0n) is 6.65. The molecule has 0 amide bonds. The smallest absolute Gasteiger partial charge is 0.191 e. The van der Waals surface area contributed by atoms with Crippen LogP contribution in [0.1, 0.15) is 15.9 Å². The first kappa shape index (κ1) is 6.97. The van der Waals surface area contributed by atoms with E-state index < -0.39 is 0 Å². The van der Waals surface area contributed by atoms with Crippen LogP contribution in [0.3, 0.4) is 0 Å². The molecule has 1 aromatic heterocycles. The van der Waals surface area contributed by atoms with Crippen LogP contribution in [0.2, 0.25) is 0 Å². The number of nitrogens with zero attached hydrogens (tertiary/aromatic N) is 1. The second-order valence-corrected chi connectivity index (χ2v) is 3.93. The maximum absolute atomic E-state index is 11.5. The number of rotatable bonds is 0. The predicted molar refractivity (Wildman–Crippen MR) is 52.1 cm³/mol. The van der Waals surface area contributed by atoms with Gasteiger partial charge in [0.15, 0.2) is 5.78 Å². The minimum Gasteiger partial charge on any atom is -0.289 e. The Morgan fingerprint density at radius 3 is 3.15 bits per heavy atom. The number of thiophene rings is 1. The molecule has 0 saturated carbocycles. The van der Waals surface area contributed by atoms with Crippen LogP contribution in [0.25, 0.3) is 12.2 Å². The van der Waals surface area contributed by atoms with Gasteiger partial charge in [-0.05, 0) is 6.08 Å². The molecule has 62 valence electrons. The van der Waals surface area contributed by atoms with Crippen molar-refractivity contribution < 1.29 is 4.79 Å². The van der Waals surface area contributed by atoms with Crippen molar-refractivity contribution in [2.75, 3.05) is 0 Å². The average Bonchev–Trinajstić information content (AvgIpc) is 2.62. The fourth-order valence-electron chi connectivity index (χ4n) is 1.55. The monoisotopic (exact) mass is 187 g/mol. The van der Waals surface area contributed by atoms with Crippen LogP contribution >= 0.6 is 11.3 Å². The van der Waals surface area contributed by atoms with Crippen LogP contribution in [0.15, 0.2) is 23.3 Å². The van der Waals surface area contributed by atoms with Gasteiger partial charge in [-0.15, -0.1) is 11.3 Å². The lowest BCUT2D eigenvalue weighted by molar-refractivity contribution is 0.104. The van der Waals surface area contributed by atoms with E-state index in [9.17, 15) is 4.79 Å². The van der Waals surface area contributed by atoms with Crippen molar-refractivity contribution in [1.82, 2.24) is 0 Å². The third kappa shape index (κ3) is 0.820. The van der Waals surface area contributed by atoms with Gasteiger partial charge in [0.1, 0.15) is 4.67 Å². The topological polar surface area (TPSA) is 29.4 Å². The molecule has 0 aromatic carbocycles. The molecule has 0 atom stereocenters. The largest absolute Gasteiger partial charge is 0.289 e. The fraction of sp³-hybridized carbons (Fsp3) is 0. The van der Waals surface area contributed by atoms with Crippen molar-refractivity contribution in [2.24, 2.45) is 4.99 Å². The molecule has 2 aliphatic rings. The van der Waals surface area contributed by atoms with E-state index in [4.69, 9.17) is 0 Å². The van der Waals surface area contributed by atoms with Gasteiger partial charge < -0.3 is 0 Å². The average molecular weight is 187 g/mol. The number of hydrogen-bond acceptors (Lipinski definition) is 3. The molecule has 0 radical (unpaired) electrons. The maximum atomic E-state index is 11.5. The zero-order chi connectivity index (χ0) is 8.84. The van der Waals surface area contributed by atoms with Crippen molar-refractivity contribution in [2.45, 2.75) is 0 Å². The summed E-state index contributed by atoms with van der Waals surface area (Å²) in [5.41, 5.74) is 1.81. The molecule has 2 heterocycles. The molecular formula is C10H5NOS. The SMILES string of the molecule is O=C1C=CN=c2sc3c(c21)C=CC=3. The van der Waals surface area contributed by atoms with Gasteiger partial charge in [0.25, 0.3) is 0 Å². The highest BCUT2D eigenvalue weighted by atomic mass is 32.1. The van der Waals surface area contributed by atoms with E-state index in [0.29, 0.717) is 0 Å². The van der Waals surface area contributed by atoms with Crippen LogP contribution in [0, 0.1) is 0 Å². The summed E-state index contributed by atoms with van der Waals surface area (Å²) in [5, 5.41) is 0. The van der Waals surface area contributed by atoms with Gasteiger partial charge >= 0.3 is 0 Å². The molecular weight excluding hydrogens is 182 g/mol. The Hall–Kier alpha value is -1.48. The molecule has 0 unspecified atom stereocenters. The number of ketones is 1. The third-order valence-corrected chi connectivity index (χ3v) is 3.21. The van der Waals surface area contributed by atoms with Crippen molar-refractivity contribution >= 4 is 29.3 Å². The second kappa shape index (κ2) is 2.26. The summed E-state index contributed by atoms with van der Waals surface area (Å²) in [7, 11) is 0. The Bertz CT molecular complexity index is 575. The Balaban J connectivity index is 2.52. The standard InChI is InChI=1S/C10H5NOS/c12-7-4-5-11-10-9(7)6-2-1-3-8(6)13-10/h1-5H. The summed E-state index contributed by atoms with van der Waals surface area (Å²) in [6.45, 7) is 0. The number of hydrogen-bond donors (Lipinski definition) is 0. The highest BCUT2D eigenvalue weighted by Gasteiger charge is 2.17. The van der Waals surface area contributed by atoms with Crippen LogP contribution in [-0.2, 0) is 0 Å². The number of allylic oxidation sites excluding steroid dienone is 2. The van der Waals surface area contributed by atoms with Crippen LogP contribution in [0.4, 0.5) is 0 Å². The summed E-state index contributed by atoms with van der Waals surface area (Å²) in [6, 6.07) is 0. The highest BCUT2D eigenvalue weighted by molar-refractivity contribution is 7.08. The van der Waals surface area contributed by atoms with Gasteiger partial charge in [-0.3, -0.25) is 4.79 Å². The highest BCUT2D eigenvalue weighted by Crippen LogP contribution is 2.13. The van der Waals surface area contributed by atoms with Crippen molar-refractivity contribution in [3.8, 4) is 0 Å². The van der Waals surface area contributed by atoms with Crippen LogP contribution in [0.5, 0.6) is 0 Å². The molecule has 0 bridgehead atoms. The van der Waals surface area contributed by atoms with E-state index in [2.05, 4.69) is 4.99 Å². The Kier molecular flexibility index (Phi) is 1.21. The normalized spacial score (nSPS) is 16.5. The van der Waals surface area contributed by atoms with Crippen molar-refractivity contribution in [1.29, 1.82) is 0 Å². The summed E-state index contributed by atoms with van der Waals surface area (Å²) in [4.78, 5) is 15.7. The summed E-state index contributed by atoms with van der Waals surface area (Å²) in [6.07, 6.45) is 9.03. The molecule has 3 heteroatoms. The molecule has 1 aromatic rings. The lowest BCUT2D eigenvalue weighted by atomic mass is 10.1. The summed E-state index contributed by atoms with van der Waals surface area (Å²) >= 11 is 1.57. The predicted octanol–water partition coefficient (Wildman–Crippen LogP) is 0.885. The van der Waals surface area contributed by atoms with Crippen LogP contribution < -0.4 is 9.20 Å². The van der Waals surface area contributed by atoms with E-state index in [-0.39, 0.29) is 5.78 Å². The number of carbonyl (C=O) groups excluding carboxylic acids is 1. The summed E-state index contributed by atoms with van der Waals surface area (Å²) in [5.74, 6) is 0.0717. The van der Waals surface area contributed by atoms with Crippen LogP contribution in [-0.4, -0.2) is 5.78 Å². The Morgan fingerprint density at radius 2 is 2.23 bits per heavy atom. The van der Waals surface area contributed by atoms with Crippen molar-refractivity contribution in [3.63, 3.8) is 0 Å². The molecule has 2 nitrogen and oxygen atoms in total. The molecule has 0 saturated heterocycles. The number of fused-ring (bicyclic) bond motifs is 3. The second-order valence-electron chi connectivity index (χ2n) is 2.90. The third-order valence-electron chi connectivity index (χ3n) is 2.13. The summed E-state index contributed by atoms with van der Waals surface area (Å²) < 4.78 is 1.99. The minimum atomic E-state index is 0.0717. The van der Waals surface area contributed by atoms with Gasteiger partial charge in [0.05, 0.1) is 5.56 Å². The number of carbonyl (C=O) groups is 1. The van der Waals surface area contributed by atoms with Gasteiger partial charge in [-0.1, -0.05) is 12.2 Å². The lowest BCUT2D eigenvalue weighted by Crippen LogP contribution is -2.12. The minimum absolute atomic E-state index is 0.0717. The fourth-order valence-corrected chi connectivity index (χ4v) is 2.62. The first-order valence-electron chi connectivity index (χ1n) is 3.96. The molecule has 1 aliphatic carbocycles. The van der Waals surface area contributed by atoms with Gasteiger partial charge in [-0.2, -0.15) is 0 Å². The van der Waals surface area contributed by atoms with E-state index in [0.717, 1.165) is 20.3 Å². The van der Waals surface area contributed by atoms with E-state index >= 15 is 0 Å². The maximum Gasteiger partial charge on any atom is 0.191 e. The zero-order valence-corrected chi connectivity index (χ0v) is 7.47. The molecule has 13 heavy (non-hydrogen) atoms. The Labute approximate surface area is 78.2 Å². The molecule has 3 rings (SSSR count). The molecule has 0 spiro atoms. The van der Waals surface area contributed by atoms with Gasteiger partial charge in [0.2, 0.25) is 0 Å².